The summed E-state index contributed by atoms with van der Waals surface area (Å²) < 4.78 is 10.2. The molecule has 0 amide bonds. The van der Waals surface area contributed by atoms with Gasteiger partial charge in [-0.1, -0.05) is 212 Å². The first-order valence-electron chi connectivity index (χ1n) is 28.6. The first-order valence-corrected chi connectivity index (χ1v) is 28.6. The van der Waals surface area contributed by atoms with Crippen molar-refractivity contribution in [3.05, 3.63) is 278 Å². The van der Waals surface area contributed by atoms with Gasteiger partial charge in [-0.25, -0.2) is 15.0 Å². The maximum atomic E-state index is 5.87. The summed E-state index contributed by atoms with van der Waals surface area (Å²) in [5.41, 5.74) is 18.3. The Balaban J connectivity index is 1.27. The molecule has 0 atom stereocenters. The summed E-state index contributed by atoms with van der Waals surface area (Å²) in [6, 6.07) is 96.1. The van der Waals surface area contributed by atoms with Gasteiger partial charge in [0, 0.05) is 76.7 Å². The van der Waals surface area contributed by atoms with Crippen LogP contribution in [0.5, 0.6) is 0 Å². The lowest BCUT2D eigenvalue weighted by atomic mass is 9.90. The number of hydrogen-bond donors (Lipinski definition) is 0. The molecular weight excluding hydrogens is 1020 g/mol. The van der Waals surface area contributed by atoms with E-state index >= 15 is 0 Å². The van der Waals surface area contributed by atoms with Crippen LogP contribution in [0, 0.1) is 13.8 Å². The van der Waals surface area contributed by atoms with Crippen molar-refractivity contribution in [3.63, 3.8) is 0 Å². The molecule has 394 valence electrons. The smallest absolute Gasteiger partial charge is 0.167 e. The summed E-state index contributed by atoms with van der Waals surface area (Å²) in [6.45, 7) is 4.23. The lowest BCUT2D eigenvalue weighted by Crippen LogP contribution is -2.17. The number of para-hydroxylation sites is 8. The van der Waals surface area contributed by atoms with Crippen molar-refractivity contribution >= 4 is 87.2 Å². The van der Waals surface area contributed by atoms with Gasteiger partial charge in [0.25, 0.3) is 0 Å². The molecule has 0 saturated carbocycles. The van der Waals surface area contributed by atoms with E-state index < -0.39 is 0 Å². The quantitative estimate of drug-likeness (QED) is 0.152. The van der Waals surface area contributed by atoms with Crippen LogP contribution in [0.15, 0.2) is 267 Å². The van der Waals surface area contributed by atoms with Crippen LogP contribution in [-0.4, -0.2) is 38.2 Å². The summed E-state index contributed by atoms with van der Waals surface area (Å²) in [5.74, 6) is 1.62. The Kier molecular flexibility index (Phi) is 10.6. The highest BCUT2D eigenvalue weighted by Gasteiger charge is 2.37. The fourth-order valence-corrected chi connectivity index (χ4v) is 13.6. The molecule has 0 bridgehead atoms. The van der Waals surface area contributed by atoms with Gasteiger partial charge >= 0.3 is 0 Å². The molecule has 0 unspecified atom stereocenters. The molecule has 8 nitrogen and oxygen atoms in total. The van der Waals surface area contributed by atoms with Gasteiger partial charge < -0.3 is 18.3 Å². The van der Waals surface area contributed by atoms with Crippen LogP contribution in [0.1, 0.15) is 11.4 Å². The Morgan fingerprint density at radius 1 is 0.226 bits per heavy atom. The Hall–Kier alpha value is -11.2. The zero-order valence-electron chi connectivity index (χ0n) is 46.0. The Morgan fingerprint density at radius 2 is 0.488 bits per heavy atom. The van der Waals surface area contributed by atoms with Gasteiger partial charge in [0.15, 0.2) is 17.5 Å². The molecule has 0 aliphatic heterocycles. The highest BCUT2D eigenvalue weighted by molar-refractivity contribution is 6.18. The van der Waals surface area contributed by atoms with Crippen molar-refractivity contribution in [2.45, 2.75) is 13.8 Å². The second-order valence-corrected chi connectivity index (χ2v) is 21.7. The summed E-state index contributed by atoms with van der Waals surface area (Å²) >= 11 is 0. The van der Waals surface area contributed by atoms with E-state index in [1.54, 1.807) is 0 Å². The Bertz CT molecular complexity index is 5260. The van der Waals surface area contributed by atoms with Crippen LogP contribution in [0.2, 0.25) is 0 Å². The number of rotatable bonds is 8. The molecule has 84 heavy (non-hydrogen) atoms. The van der Waals surface area contributed by atoms with Crippen molar-refractivity contribution in [1.82, 2.24) is 38.2 Å². The SMILES string of the molecule is Cc1ccc(-c2c(-c3nc(-c4ccccc4)nc(-c4ccccc4)n3)c(-n3c4ccccc4c4ccccc43)c(-n3c4ccccc4c4ccccc43)c(-n3c4ccccc4c4ccccc43)c2-n2c3ccccc3c3ccccc32)c(C)n1. The molecule has 17 rings (SSSR count). The van der Waals surface area contributed by atoms with Crippen molar-refractivity contribution in [2.75, 3.05) is 0 Å². The van der Waals surface area contributed by atoms with Crippen molar-refractivity contribution in [3.8, 4) is 68.0 Å². The second kappa shape index (κ2) is 18.7. The minimum Gasteiger partial charge on any atom is -0.306 e. The lowest BCUT2D eigenvalue weighted by Gasteiger charge is -2.31. The van der Waals surface area contributed by atoms with Gasteiger partial charge in [-0.15, -0.1) is 0 Å². The second-order valence-electron chi connectivity index (χ2n) is 21.7. The van der Waals surface area contributed by atoms with E-state index in [1.165, 1.54) is 0 Å². The number of aromatic nitrogens is 8. The Labute approximate surface area is 483 Å². The van der Waals surface area contributed by atoms with E-state index in [0.717, 1.165) is 149 Å². The first-order chi connectivity index (χ1) is 41.6. The summed E-state index contributed by atoms with van der Waals surface area (Å²) in [4.78, 5) is 22.6. The zero-order chi connectivity index (χ0) is 55.6. The molecule has 0 spiro atoms. The number of hydrogen-bond acceptors (Lipinski definition) is 4. The minimum atomic E-state index is 0.507. The lowest BCUT2D eigenvalue weighted by molar-refractivity contribution is 1.01. The van der Waals surface area contributed by atoms with Crippen molar-refractivity contribution in [2.24, 2.45) is 0 Å². The molecule has 8 heteroatoms. The minimum absolute atomic E-state index is 0.507. The summed E-state index contributed by atoms with van der Waals surface area (Å²) in [5, 5.41) is 9.07. The Morgan fingerprint density at radius 3 is 0.798 bits per heavy atom. The summed E-state index contributed by atoms with van der Waals surface area (Å²) in [6.07, 6.45) is 0. The topological polar surface area (TPSA) is 71.3 Å². The van der Waals surface area contributed by atoms with E-state index in [1.807, 2.05) is 12.1 Å². The molecular formula is C76H50N8. The third-order valence-corrected chi connectivity index (χ3v) is 17.0. The van der Waals surface area contributed by atoms with Crippen LogP contribution in [0.4, 0.5) is 0 Å². The van der Waals surface area contributed by atoms with Crippen molar-refractivity contribution in [1.29, 1.82) is 0 Å². The fourth-order valence-electron chi connectivity index (χ4n) is 13.6. The maximum absolute atomic E-state index is 5.87. The predicted octanol–water partition coefficient (Wildman–Crippen LogP) is 18.9. The van der Waals surface area contributed by atoms with E-state index in [0.29, 0.717) is 17.5 Å². The highest BCUT2D eigenvalue weighted by Crippen LogP contribution is 2.54. The standard InChI is InChI=1S/C76H50N8/c1-47-45-46-51(48(2)77-47)68-69(76-79-74(49-25-5-3-6-26-49)78-75(80-76)50-27-7-4-8-28-50)71(82-62-39-19-11-31-54(62)55-32-12-20-40-63(55)82)73(84-66-43-23-15-35-58(66)59-36-16-24-44-67(59)84)72(83-64-41-21-13-33-56(64)57-34-14-22-42-65(57)83)70(68)81-60-37-17-9-29-52(60)53-30-10-18-38-61(53)81/h3-46H,1-2H3. The van der Waals surface area contributed by atoms with Crippen LogP contribution in [0.3, 0.4) is 0 Å². The zero-order valence-corrected chi connectivity index (χ0v) is 46.0. The van der Waals surface area contributed by atoms with E-state index in [9.17, 15) is 0 Å². The number of nitrogens with zero attached hydrogens (tertiary/aromatic N) is 8. The van der Waals surface area contributed by atoms with Gasteiger partial charge in [-0.3, -0.25) is 4.98 Å². The molecule has 11 aromatic carbocycles. The molecule has 17 aromatic rings. The van der Waals surface area contributed by atoms with E-state index in [4.69, 9.17) is 19.9 Å². The number of benzene rings is 11. The maximum Gasteiger partial charge on any atom is 0.167 e. The summed E-state index contributed by atoms with van der Waals surface area (Å²) in [7, 11) is 0. The van der Waals surface area contributed by atoms with Gasteiger partial charge in [0.05, 0.1) is 72.4 Å². The van der Waals surface area contributed by atoms with Gasteiger partial charge in [0.2, 0.25) is 0 Å². The predicted molar refractivity (Wildman–Crippen MR) is 346 cm³/mol. The molecule has 6 heterocycles. The molecule has 0 N–H and O–H groups in total. The first kappa shape index (κ1) is 47.6. The highest BCUT2D eigenvalue weighted by atomic mass is 15.2. The van der Waals surface area contributed by atoms with Crippen LogP contribution < -0.4 is 0 Å². The van der Waals surface area contributed by atoms with Crippen molar-refractivity contribution < 1.29 is 0 Å². The monoisotopic (exact) mass is 1070 g/mol. The number of aryl methyl sites for hydroxylation is 2. The molecule has 0 radical (unpaired) electrons. The average molecular weight is 1080 g/mol. The van der Waals surface area contributed by atoms with E-state index in [2.05, 4.69) is 287 Å². The molecule has 0 saturated heterocycles. The average Bonchev–Trinajstić information content (AvgIpc) is 1.71. The molecule has 6 aromatic heterocycles. The third kappa shape index (κ3) is 7.01. The van der Waals surface area contributed by atoms with E-state index in [-0.39, 0.29) is 0 Å². The van der Waals surface area contributed by atoms with Crippen LogP contribution >= 0.6 is 0 Å². The van der Waals surface area contributed by atoms with Gasteiger partial charge in [-0.2, -0.15) is 0 Å². The fraction of sp³-hybridized carbons (Fsp3) is 0.0263. The third-order valence-electron chi connectivity index (χ3n) is 17.0. The number of pyridine rings is 1. The molecule has 0 aliphatic rings. The molecule has 0 fully saturated rings. The largest absolute Gasteiger partial charge is 0.306 e. The van der Waals surface area contributed by atoms with Gasteiger partial charge in [-0.05, 0) is 68.4 Å². The number of fused-ring (bicyclic) bond motifs is 12. The van der Waals surface area contributed by atoms with Gasteiger partial charge in [0.1, 0.15) is 0 Å². The van der Waals surface area contributed by atoms with Crippen LogP contribution in [-0.2, 0) is 0 Å². The normalized spacial score (nSPS) is 11.9. The van der Waals surface area contributed by atoms with Crippen LogP contribution in [0.25, 0.3) is 155 Å². The molecule has 0 aliphatic carbocycles.